The quantitative estimate of drug-likeness (QED) is 0.448. The van der Waals surface area contributed by atoms with Crippen molar-refractivity contribution in [3.8, 4) is 11.4 Å². The van der Waals surface area contributed by atoms with Crippen molar-refractivity contribution in [2.45, 2.75) is 38.6 Å². The van der Waals surface area contributed by atoms with Gasteiger partial charge in [0.05, 0.1) is 6.26 Å². The third kappa shape index (κ3) is 5.29. The Morgan fingerprint density at radius 1 is 1.16 bits per heavy atom. The van der Waals surface area contributed by atoms with E-state index >= 15 is 0 Å². The van der Waals surface area contributed by atoms with Gasteiger partial charge in [0.2, 0.25) is 0 Å². The summed E-state index contributed by atoms with van der Waals surface area (Å²) in [6, 6.07) is 12.7. The molecule has 0 spiro atoms. The van der Waals surface area contributed by atoms with Gasteiger partial charge >= 0.3 is 5.97 Å². The molecule has 0 aliphatic heterocycles. The number of amides is 1. The van der Waals surface area contributed by atoms with Crippen LogP contribution in [0.5, 0.6) is 0 Å². The minimum atomic E-state index is -0.738. The van der Waals surface area contributed by atoms with Gasteiger partial charge in [0, 0.05) is 17.7 Å². The number of hydrogen-bond acceptors (Lipinski definition) is 7. The topological polar surface area (TPSA) is 112 Å². The standard InChI is InChI=1S/C23H25N5O4/c1-16-9-11-18(12-10-16)24-21(29)15-32-23(30)20(14-19-8-5-13-31-19)28-22(25-26-27-28)17-6-3-2-4-7-17/h2-8,13-14,16,18H,9-12,15H2,1H3,(H,24,29)/b20-14-. The number of esters is 1. The number of carbonyl (C=O) groups is 2. The molecule has 3 aromatic rings. The molecule has 9 heteroatoms. The van der Waals surface area contributed by atoms with Gasteiger partial charge < -0.3 is 14.5 Å². The maximum atomic E-state index is 13.0. The lowest BCUT2D eigenvalue weighted by atomic mass is 9.87. The maximum Gasteiger partial charge on any atom is 0.357 e. The Hall–Kier alpha value is -3.75. The summed E-state index contributed by atoms with van der Waals surface area (Å²) in [5.74, 6) is 0.410. The fraction of sp³-hybridized carbons (Fsp3) is 0.348. The van der Waals surface area contributed by atoms with Crippen LogP contribution in [-0.4, -0.2) is 44.7 Å². The number of aromatic nitrogens is 4. The van der Waals surface area contributed by atoms with Crippen molar-refractivity contribution >= 4 is 23.6 Å². The molecule has 0 bridgehead atoms. The molecule has 1 N–H and O–H groups in total. The Balaban J connectivity index is 1.49. The number of ether oxygens (including phenoxy) is 1. The highest BCUT2D eigenvalue weighted by molar-refractivity contribution is 6.15. The molecule has 166 valence electrons. The van der Waals surface area contributed by atoms with Crippen molar-refractivity contribution in [3.05, 3.63) is 54.5 Å². The van der Waals surface area contributed by atoms with E-state index in [9.17, 15) is 9.59 Å². The van der Waals surface area contributed by atoms with Crippen LogP contribution >= 0.6 is 0 Å². The van der Waals surface area contributed by atoms with Gasteiger partial charge in [0.1, 0.15) is 5.76 Å². The summed E-state index contributed by atoms with van der Waals surface area (Å²) >= 11 is 0. The maximum absolute atomic E-state index is 13.0. The summed E-state index contributed by atoms with van der Waals surface area (Å²) in [5, 5.41) is 14.7. The number of hydrogen-bond donors (Lipinski definition) is 1. The second-order valence-electron chi connectivity index (χ2n) is 7.93. The SMILES string of the molecule is CC1CCC(NC(=O)COC(=O)/C(=C/c2ccco2)n2nnnc2-c2ccccc2)CC1. The predicted molar refractivity (Wildman–Crippen MR) is 117 cm³/mol. The molecule has 32 heavy (non-hydrogen) atoms. The fourth-order valence-corrected chi connectivity index (χ4v) is 3.71. The third-order valence-electron chi connectivity index (χ3n) is 5.48. The molecule has 0 atom stereocenters. The van der Waals surface area contributed by atoms with E-state index in [4.69, 9.17) is 9.15 Å². The molecule has 1 amide bonds. The monoisotopic (exact) mass is 435 g/mol. The highest BCUT2D eigenvalue weighted by atomic mass is 16.5. The van der Waals surface area contributed by atoms with E-state index in [1.165, 1.54) is 17.0 Å². The number of tetrazole rings is 1. The number of nitrogens with zero attached hydrogens (tertiary/aromatic N) is 4. The third-order valence-corrected chi connectivity index (χ3v) is 5.48. The fourth-order valence-electron chi connectivity index (χ4n) is 3.71. The minimum absolute atomic E-state index is 0.0306. The highest BCUT2D eigenvalue weighted by Crippen LogP contribution is 2.24. The molecule has 0 saturated heterocycles. The van der Waals surface area contributed by atoms with Gasteiger partial charge in [0.15, 0.2) is 18.1 Å². The molecule has 9 nitrogen and oxygen atoms in total. The summed E-state index contributed by atoms with van der Waals surface area (Å²) in [6.45, 7) is 1.83. The smallest absolute Gasteiger partial charge is 0.357 e. The zero-order valence-electron chi connectivity index (χ0n) is 17.8. The van der Waals surface area contributed by atoms with Gasteiger partial charge in [-0.2, -0.15) is 4.68 Å². The minimum Gasteiger partial charge on any atom is -0.465 e. The first-order chi connectivity index (χ1) is 15.6. The van der Waals surface area contributed by atoms with E-state index in [0.717, 1.165) is 31.2 Å². The van der Waals surface area contributed by atoms with Gasteiger partial charge in [-0.05, 0) is 54.2 Å². The van der Waals surface area contributed by atoms with E-state index in [1.807, 2.05) is 30.3 Å². The molecular weight excluding hydrogens is 410 g/mol. The summed E-state index contributed by atoms with van der Waals surface area (Å²) in [7, 11) is 0. The zero-order valence-corrected chi connectivity index (χ0v) is 17.8. The number of rotatable bonds is 7. The number of benzene rings is 1. The van der Waals surface area contributed by atoms with Crippen molar-refractivity contribution < 1.29 is 18.7 Å². The molecule has 1 aliphatic rings. The normalized spacial score (nSPS) is 18.8. The van der Waals surface area contributed by atoms with Crippen molar-refractivity contribution in [2.75, 3.05) is 6.61 Å². The Morgan fingerprint density at radius 3 is 2.66 bits per heavy atom. The van der Waals surface area contributed by atoms with E-state index < -0.39 is 5.97 Å². The van der Waals surface area contributed by atoms with Crippen LogP contribution in [0.1, 0.15) is 38.4 Å². The Bertz CT molecular complexity index is 1070. The number of furan rings is 1. The van der Waals surface area contributed by atoms with Crippen molar-refractivity contribution in [3.63, 3.8) is 0 Å². The second kappa shape index (κ2) is 10.0. The molecule has 1 aliphatic carbocycles. The number of carbonyl (C=O) groups excluding carboxylic acids is 2. The van der Waals surface area contributed by atoms with E-state index in [2.05, 4.69) is 27.8 Å². The molecule has 0 radical (unpaired) electrons. The van der Waals surface area contributed by atoms with Gasteiger partial charge in [-0.1, -0.05) is 37.3 Å². The first-order valence-electron chi connectivity index (χ1n) is 10.7. The van der Waals surface area contributed by atoms with E-state index in [-0.39, 0.29) is 24.3 Å². The lowest BCUT2D eigenvalue weighted by Crippen LogP contribution is -2.39. The summed E-state index contributed by atoms with van der Waals surface area (Å²) in [4.78, 5) is 25.3. The average Bonchev–Trinajstić information content (AvgIpc) is 3.50. The predicted octanol–water partition coefficient (Wildman–Crippen LogP) is 3.17. The Labute approximate surface area is 185 Å². The Kier molecular flexibility index (Phi) is 6.74. The van der Waals surface area contributed by atoms with Crippen molar-refractivity contribution in [1.29, 1.82) is 0 Å². The summed E-state index contributed by atoms with van der Waals surface area (Å²) < 4.78 is 11.9. The van der Waals surface area contributed by atoms with Crippen molar-refractivity contribution in [1.82, 2.24) is 25.5 Å². The lowest BCUT2D eigenvalue weighted by Gasteiger charge is -2.26. The molecule has 1 aromatic carbocycles. The van der Waals surface area contributed by atoms with Crippen LogP contribution in [0.2, 0.25) is 0 Å². The van der Waals surface area contributed by atoms with Gasteiger partial charge in [-0.3, -0.25) is 4.79 Å². The van der Waals surface area contributed by atoms with Crippen LogP contribution in [-0.2, 0) is 14.3 Å². The van der Waals surface area contributed by atoms with Crippen LogP contribution in [0.15, 0.2) is 53.1 Å². The van der Waals surface area contributed by atoms with Gasteiger partial charge in [-0.25, -0.2) is 4.79 Å². The first kappa shape index (κ1) is 21.5. The van der Waals surface area contributed by atoms with Crippen LogP contribution in [0, 0.1) is 5.92 Å². The molecule has 4 rings (SSSR count). The zero-order chi connectivity index (χ0) is 22.3. The molecule has 2 aromatic heterocycles. The van der Waals surface area contributed by atoms with Crippen LogP contribution < -0.4 is 5.32 Å². The van der Waals surface area contributed by atoms with E-state index in [0.29, 0.717) is 17.5 Å². The average molecular weight is 435 g/mol. The Morgan fingerprint density at radius 2 is 1.94 bits per heavy atom. The largest absolute Gasteiger partial charge is 0.465 e. The first-order valence-corrected chi connectivity index (χ1v) is 10.7. The lowest BCUT2D eigenvalue weighted by molar-refractivity contribution is -0.143. The van der Waals surface area contributed by atoms with Crippen molar-refractivity contribution in [2.24, 2.45) is 5.92 Å². The summed E-state index contributed by atoms with van der Waals surface area (Å²) in [5.41, 5.74) is 0.753. The number of nitrogens with one attached hydrogen (secondary N) is 1. The van der Waals surface area contributed by atoms with Gasteiger partial charge in [-0.15, -0.1) is 5.10 Å². The molecule has 2 heterocycles. The molecule has 1 saturated carbocycles. The summed E-state index contributed by atoms with van der Waals surface area (Å²) in [6.07, 6.45) is 7.02. The molecule has 0 unspecified atom stereocenters. The van der Waals surface area contributed by atoms with Crippen LogP contribution in [0.4, 0.5) is 0 Å². The molecular formula is C23H25N5O4. The van der Waals surface area contributed by atoms with E-state index in [1.54, 1.807) is 12.1 Å². The van der Waals surface area contributed by atoms with Crippen LogP contribution in [0.25, 0.3) is 23.2 Å². The highest BCUT2D eigenvalue weighted by Gasteiger charge is 2.23. The van der Waals surface area contributed by atoms with Crippen LogP contribution in [0.3, 0.4) is 0 Å². The molecule has 1 fully saturated rings. The second-order valence-corrected chi connectivity index (χ2v) is 7.93. The van der Waals surface area contributed by atoms with Gasteiger partial charge in [0.25, 0.3) is 5.91 Å².